The molecule has 6 nitrogen and oxygen atoms in total. The van der Waals surface area contributed by atoms with Crippen molar-refractivity contribution in [3.05, 3.63) is 36.5 Å². The molecule has 2 fully saturated rings. The number of rotatable bonds is 4. The smallest absolute Gasteiger partial charge is 0.419 e. The molecule has 0 aromatic carbocycles. The number of aromatic nitrogens is 1. The lowest BCUT2D eigenvalue weighted by molar-refractivity contribution is -0.149. The summed E-state index contributed by atoms with van der Waals surface area (Å²) in [6.45, 7) is 3.38. The van der Waals surface area contributed by atoms with Gasteiger partial charge < -0.3 is 14.9 Å². The number of nitrogens with zero attached hydrogens (tertiary/aromatic N) is 3. The molecule has 3 rings (SSSR count). The molecule has 1 aromatic rings. The van der Waals surface area contributed by atoms with Gasteiger partial charge in [0.25, 0.3) is 0 Å². The Bertz CT molecular complexity index is 737. The lowest BCUT2D eigenvalue weighted by atomic mass is 9.81. The number of carbonyl (C=O) groups is 2. The van der Waals surface area contributed by atoms with Crippen LogP contribution in [0.5, 0.6) is 0 Å². The van der Waals surface area contributed by atoms with Crippen LogP contribution in [0.25, 0.3) is 0 Å². The molecule has 0 bridgehead atoms. The predicted octanol–water partition coefficient (Wildman–Crippen LogP) is 1.64. The van der Waals surface area contributed by atoms with Gasteiger partial charge in [0.2, 0.25) is 5.91 Å². The maximum atomic E-state index is 13.2. The summed E-state index contributed by atoms with van der Waals surface area (Å²) in [7, 11) is 0. The predicted molar refractivity (Wildman–Crippen MR) is 81.8 cm³/mol. The van der Waals surface area contributed by atoms with E-state index in [1.54, 1.807) is 0 Å². The molecule has 2 saturated heterocycles. The van der Waals surface area contributed by atoms with E-state index in [0.717, 1.165) is 6.07 Å². The quantitative estimate of drug-likeness (QED) is 0.831. The Balaban J connectivity index is 1.97. The zero-order chi connectivity index (χ0) is 18.4. The molecule has 1 N–H and O–H groups in total. The fraction of sp³-hybridized carbons (Fsp3) is 0.438. The van der Waals surface area contributed by atoms with Crippen LogP contribution in [-0.2, 0) is 15.8 Å². The van der Waals surface area contributed by atoms with Crippen molar-refractivity contribution in [3.63, 3.8) is 0 Å². The number of fused-ring (bicyclic) bond motifs is 1. The van der Waals surface area contributed by atoms with E-state index in [0.29, 0.717) is 0 Å². The van der Waals surface area contributed by atoms with Gasteiger partial charge in [0.05, 0.1) is 11.5 Å². The van der Waals surface area contributed by atoms with Crippen molar-refractivity contribution in [2.24, 2.45) is 11.3 Å². The highest BCUT2D eigenvalue weighted by molar-refractivity contribution is 5.93. The third kappa shape index (κ3) is 2.63. The molecule has 0 aliphatic carbocycles. The van der Waals surface area contributed by atoms with Crippen molar-refractivity contribution in [2.45, 2.75) is 6.18 Å². The van der Waals surface area contributed by atoms with E-state index < -0.39 is 29.0 Å². The lowest BCUT2D eigenvalue weighted by Gasteiger charge is -2.26. The summed E-state index contributed by atoms with van der Waals surface area (Å²) in [6.07, 6.45) is -1.90. The molecule has 2 atom stereocenters. The molecular formula is C16H16F3N3O3. The molecule has 0 spiro atoms. The first-order valence-electron chi connectivity index (χ1n) is 7.61. The van der Waals surface area contributed by atoms with Crippen LogP contribution in [0.15, 0.2) is 31.0 Å². The number of carbonyl (C=O) groups excluding carboxylic acids is 1. The number of hydrogen-bond acceptors (Lipinski definition) is 4. The van der Waals surface area contributed by atoms with Crippen LogP contribution in [0.1, 0.15) is 5.56 Å². The normalized spacial score (nSPS) is 26.0. The van der Waals surface area contributed by atoms with E-state index in [9.17, 15) is 27.9 Å². The molecule has 1 aromatic heterocycles. The number of anilines is 1. The van der Waals surface area contributed by atoms with Crippen molar-refractivity contribution >= 4 is 17.7 Å². The SMILES string of the molecule is C=CCN1C[C@]2(C(=O)O)CN(c3ncccc3C(F)(F)F)C[C@@H]2C1=O. The Labute approximate surface area is 141 Å². The Kier molecular flexibility index (Phi) is 3.97. The average Bonchev–Trinajstić information content (AvgIpc) is 3.04. The summed E-state index contributed by atoms with van der Waals surface area (Å²) in [6, 6.07) is 2.07. The van der Waals surface area contributed by atoms with Crippen molar-refractivity contribution in [2.75, 3.05) is 31.1 Å². The van der Waals surface area contributed by atoms with E-state index in [-0.39, 0.29) is 37.9 Å². The van der Waals surface area contributed by atoms with Gasteiger partial charge in [-0.2, -0.15) is 13.2 Å². The van der Waals surface area contributed by atoms with Gasteiger partial charge >= 0.3 is 12.1 Å². The van der Waals surface area contributed by atoms with Gasteiger partial charge in [0.1, 0.15) is 11.2 Å². The topological polar surface area (TPSA) is 73.7 Å². The van der Waals surface area contributed by atoms with Crippen LogP contribution >= 0.6 is 0 Å². The van der Waals surface area contributed by atoms with E-state index in [1.807, 2.05) is 0 Å². The lowest BCUT2D eigenvalue weighted by Crippen LogP contribution is -2.41. The highest BCUT2D eigenvalue weighted by atomic mass is 19.4. The van der Waals surface area contributed by atoms with Crippen LogP contribution in [0.4, 0.5) is 19.0 Å². The van der Waals surface area contributed by atoms with Crippen LogP contribution in [0.2, 0.25) is 0 Å². The molecule has 9 heteroatoms. The van der Waals surface area contributed by atoms with Gasteiger partial charge in [0, 0.05) is 32.4 Å². The zero-order valence-electron chi connectivity index (χ0n) is 13.2. The number of aliphatic carboxylic acids is 1. The molecule has 25 heavy (non-hydrogen) atoms. The number of pyridine rings is 1. The van der Waals surface area contributed by atoms with Crippen LogP contribution < -0.4 is 4.90 Å². The van der Waals surface area contributed by atoms with E-state index in [2.05, 4.69) is 11.6 Å². The second kappa shape index (κ2) is 5.75. The minimum absolute atomic E-state index is 0.0530. The second-order valence-electron chi connectivity index (χ2n) is 6.27. The minimum Gasteiger partial charge on any atom is -0.481 e. The minimum atomic E-state index is -4.61. The third-order valence-electron chi connectivity index (χ3n) is 4.79. The Morgan fingerprint density at radius 1 is 1.48 bits per heavy atom. The number of alkyl halides is 3. The molecule has 0 radical (unpaired) electrons. The first-order valence-corrected chi connectivity index (χ1v) is 7.61. The second-order valence-corrected chi connectivity index (χ2v) is 6.27. The number of carboxylic acid groups (broad SMARTS) is 1. The Morgan fingerprint density at radius 2 is 2.20 bits per heavy atom. The number of amides is 1. The number of carboxylic acids is 1. The molecule has 134 valence electrons. The summed E-state index contributed by atoms with van der Waals surface area (Å²) in [4.78, 5) is 30.8. The van der Waals surface area contributed by atoms with Crippen LogP contribution in [0, 0.1) is 11.3 Å². The molecule has 2 aliphatic rings. The zero-order valence-corrected chi connectivity index (χ0v) is 13.2. The third-order valence-corrected chi connectivity index (χ3v) is 4.79. The van der Waals surface area contributed by atoms with E-state index in [4.69, 9.17) is 0 Å². The number of halogens is 3. The Morgan fingerprint density at radius 3 is 2.76 bits per heavy atom. The first kappa shape index (κ1) is 17.2. The molecule has 1 amide bonds. The van der Waals surface area contributed by atoms with Gasteiger partial charge in [0.15, 0.2) is 0 Å². The van der Waals surface area contributed by atoms with E-state index in [1.165, 1.54) is 28.1 Å². The van der Waals surface area contributed by atoms with Gasteiger partial charge in [-0.1, -0.05) is 6.08 Å². The largest absolute Gasteiger partial charge is 0.481 e. The average molecular weight is 355 g/mol. The Hall–Kier alpha value is -2.58. The maximum Gasteiger partial charge on any atom is 0.419 e. The van der Waals surface area contributed by atoms with Crippen molar-refractivity contribution in [1.82, 2.24) is 9.88 Å². The highest BCUT2D eigenvalue weighted by Crippen LogP contribution is 2.46. The summed E-state index contributed by atoms with van der Waals surface area (Å²) in [5.41, 5.74) is -2.38. The number of likely N-dealkylation sites (tertiary alicyclic amines) is 1. The van der Waals surface area contributed by atoms with Crippen molar-refractivity contribution < 1.29 is 27.9 Å². The maximum absolute atomic E-state index is 13.2. The standard InChI is InChI=1S/C16H16F3N3O3/c1-2-6-21-8-15(14(24)25)9-22(7-11(15)13(21)23)12-10(16(17,18)19)4-3-5-20-12/h2-5,11H,1,6-9H2,(H,24,25)/t11-,15+/m1/s1. The fourth-order valence-corrected chi connectivity index (χ4v) is 3.65. The summed E-state index contributed by atoms with van der Waals surface area (Å²) < 4.78 is 39.6. The van der Waals surface area contributed by atoms with Crippen molar-refractivity contribution in [1.29, 1.82) is 0 Å². The number of hydrogen-bond donors (Lipinski definition) is 1. The molecule has 3 heterocycles. The van der Waals surface area contributed by atoms with Gasteiger partial charge in [-0.25, -0.2) is 4.98 Å². The van der Waals surface area contributed by atoms with E-state index >= 15 is 0 Å². The molecule has 0 saturated carbocycles. The van der Waals surface area contributed by atoms with Gasteiger partial charge in [-0.15, -0.1) is 6.58 Å². The molecule has 2 aliphatic heterocycles. The fourth-order valence-electron chi connectivity index (χ4n) is 3.65. The highest BCUT2D eigenvalue weighted by Gasteiger charge is 2.62. The van der Waals surface area contributed by atoms with Crippen LogP contribution in [-0.4, -0.2) is 53.0 Å². The first-order chi connectivity index (χ1) is 11.7. The van der Waals surface area contributed by atoms with Gasteiger partial charge in [-0.3, -0.25) is 9.59 Å². The summed E-state index contributed by atoms with van der Waals surface area (Å²) in [5, 5.41) is 9.70. The van der Waals surface area contributed by atoms with Crippen LogP contribution in [0.3, 0.4) is 0 Å². The monoisotopic (exact) mass is 355 g/mol. The summed E-state index contributed by atoms with van der Waals surface area (Å²) in [5.74, 6) is -2.82. The van der Waals surface area contributed by atoms with Crippen molar-refractivity contribution in [3.8, 4) is 0 Å². The summed E-state index contributed by atoms with van der Waals surface area (Å²) >= 11 is 0. The molecule has 0 unspecified atom stereocenters. The molecular weight excluding hydrogens is 339 g/mol. The van der Waals surface area contributed by atoms with Gasteiger partial charge in [-0.05, 0) is 12.1 Å².